The number of unbranched alkanes of at least 4 members (excludes halogenated alkanes) is 7. The first-order valence-corrected chi connectivity index (χ1v) is 9.14. The lowest BCUT2D eigenvalue weighted by molar-refractivity contribution is 0.0696. The third-order valence-corrected chi connectivity index (χ3v) is 4.27. The second-order valence-corrected chi connectivity index (χ2v) is 6.33. The van der Waals surface area contributed by atoms with E-state index in [2.05, 4.69) is 12.6 Å². The van der Waals surface area contributed by atoms with Crippen molar-refractivity contribution in [2.45, 2.75) is 51.4 Å². The normalized spacial score (nSPS) is 10.7. The Balaban J connectivity index is 1.66. The van der Waals surface area contributed by atoms with Crippen molar-refractivity contribution in [3.8, 4) is 5.75 Å². The number of carboxylic acid groups (broad SMARTS) is 1. The van der Waals surface area contributed by atoms with Crippen LogP contribution >= 0.6 is 0 Å². The van der Waals surface area contributed by atoms with E-state index in [4.69, 9.17) is 9.84 Å². The van der Waals surface area contributed by atoms with E-state index < -0.39 is 5.97 Å². The number of carboxylic acids is 1. The fraction of sp³-hybridized carbons (Fsp3) is 0.409. The van der Waals surface area contributed by atoms with Crippen molar-refractivity contribution in [3.63, 3.8) is 0 Å². The molecule has 0 unspecified atom stereocenters. The lowest BCUT2D eigenvalue weighted by Gasteiger charge is -2.08. The Morgan fingerprint density at radius 2 is 1.76 bits per heavy atom. The highest BCUT2D eigenvalue weighted by molar-refractivity contribution is 5.94. The van der Waals surface area contributed by atoms with Crippen LogP contribution in [0.25, 0.3) is 10.8 Å². The second kappa shape index (κ2) is 10.5. The largest absolute Gasteiger partial charge is 0.494 e. The van der Waals surface area contributed by atoms with Gasteiger partial charge in [-0.25, -0.2) is 4.79 Å². The number of ether oxygens (including phenoxy) is 1. The molecule has 2 rings (SSSR count). The molecule has 0 saturated carbocycles. The van der Waals surface area contributed by atoms with Gasteiger partial charge in [0.25, 0.3) is 0 Å². The van der Waals surface area contributed by atoms with Crippen molar-refractivity contribution in [2.75, 3.05) is 6.61 Å². The first kappa shape index (κ1) is 19.0. The fourth-order valence-electron chi connectivity index (χ4n) is 2.83. The molecule has 0 aliphatic heterocycles. The van der Waals surface area contributed by atoms with Crippen LogP contribution in [-0.4, -0.2) is 17.7 Å². The number of benzene rings is 2. The standard InChI is InChI=1S/C22H27O3/c1-2-3-4-5-6-7-8-9-10-15-25-21-14-13-18-16-20(22(23)24)12-11-19(18)17-21/h2,11-14,17H,1,3-10,15H2,(H,23,24). The summed E-state index contributed by atoms with van der Waals surface area (Å²) in [5.74, 6) is -0.128. The zero-order chi connectivity index (χ0) is 17.9. The van der Waals surface area contributed by atoms with Crippen LogP contribution in [-0.2, 0) is 0 Å². The molecule has 0 fully saturated rings. The summed E-state index contributed by atoms with van der Waals surface area (Å²) in [5, 5.41) is 10.7. The number of fused-ring (bicyclic) bond motifs is 1. The third-order valence-electron chi connectivity index (χ3n) is 4.27. The van der Waals surface area contributed by atoms with E-state index in [-0.39, 0.29) is 5.56 Å². The minimum Gasteiger partial charge on any atom is -0.494 e. The third kappa shape index (κ3) is 6.61. The highest BCUT2D eigenvalue weighted by atomic mass is 16.5. The summed E-state index contributed by atoms with van der Waals surface area (Å²) in [6, 6.07) is 12.0. The van der Waals surface area contributed by atoms with Crippen LogP contribution in [0.5, 0.6) is 5.75 Å². The fourth-order valence-corrected chi connectivity index (χ4v) is 2.83. The van der Waals surface area contributed by atoms with Gasteiger partial charge in [-0.2, -0.15) is 0 Å². The second-order valence-electron chi connectivity index (χ2n) is 6.33. The summed E-state index contributed by atoms with van der Waals surface area (Å²) >= 11 is 0. The van der Waals surface area contributed by atoms with E-state index in [0.29, 0.717) is 0 Å². The van der Waals surface area contributed by atoms with Gasteiger partial charge in [0.05, 0.1) is 12.2 Å². The topological polar surface area (TPSA) is 46.5 Å². The SMILES string of the molecule is C=CCCCCCCCCCOc1ccc2[c]c(C(=O)O)ccc2c1. The molecule has 3 heteroatoms. The minimum absolute atomic E-state index is 0.186. The van der Waals surface area contributed by atoms with Gasteiger partial charge in [0.1, 0.15) is 5.75 Å². The van der Waals surface area contributed by atoms with E-state index in [9.17, 15) is 4.79 Å². The van der Waals surface area contributed by atoms with Gasteiger partial charge in [-0.3, -0.25) is 0 Å². The summed E-state index contributed by atoms with van der Waals surface area (Å²) in [4.78, 5) is 11.0. The van der Waals surface area contributed by atoms with Crippen molar-refractivity contribution in [1.82, 2.24) is 0 Å². The number of aromatic carboxylic acids is 1. The smallest absolute Gasteiger partial charge is 0.336 e. The molecule has 0 amide bonds. The number of hydrogen-bond acceptors (Lipinski definition) is 2. The molecule has 0 spiro atoms. The molecule has 1 N–H and O–H groups in total. The molecule has 0 heterocycles. The van der Waals surface area contributed by atoms with Crippen molar-refractivity contribution in [3.05, 3.63) is 54.6 Å². The van der Waals surface area contributed by atoms with E-state index in [1.165, 1.54) is 38.5 Å². The Bertz CT molecular complexity index is 691. The molecule has 25 heavy (non-hydrogen) atoms. The Hall–Kier alpha value is -2.29. The quantitative estimate of drug-likeness (QED) is 0.380. The van der Waals surface area contributed by atoms with Gasteiger partial charge in [-0.1, -0.05) is 50.3 Å². The van der Waals surface area contributed by atoms with E-state index in [1.807, 2.05) is 24.3 Å². The number of allylic oxidation sites excluding steroid dienone is 1. The van der Waals surface area contributed by atoms with Gasteiger partial charge < -0.3 is 9.84 Å². The van der Waals surface area contributed by atoms with Gasteiger partial charge in [-0.05, 0) is 48.2 Å². The maximum Gasteiger partial charge on any atom is 0.336 e. The lowest BCUT2D eigenvalue weighted by atomic mass is 10.1. The van der Waals surface area contributed by atoms with E-state index in [0.717, 1.165) is 36.0 Å². The van der Waals surface area contributed by atoms with Crippen LogP contribution in [0.1, 0.15) is 61.7 Å². The highest BCUT2D eigenvalue weighted by Gasteiger charge is 2.05. The van der Waals surface area contributed by atoms with Gasteiger partial charge in [0.15, 0.2) is 0 Å². The van der Waals surface area contributed by atoms with Gasteiger partial charge >= 0.3 is 5.97 Å². The van der Waals surface area contributed by atoms with Crippen molar-refractivity contribution >= 4 is 16.7 Å². The lowest BCUT2D eigenvalue weighted by Crippen LogP contribution is -1.98. The van der Waals surface area contributed by atoms with Crippen LogP contribution < -0.4 is 4.74 Å². The molecule has 0 saturated heterocycles. The van der Waals surface area contributed by atoms with E-state index >= 15 is 0 Å². The number of carbonyl (C=O) groups is 1. The molecule has 0 bridgehead atoms. The Morgan fingerprint density at radius 1 is 1.04 bits per heavy atom. The van der Waals surface area contributed by atoms with Crippen LogP contribution in [0, 0.1) is 6.07 Å². The molecule has 1 radical (unpaired) electrons. The number of hydrogen-bond donors (Lipinski definition) is 1. The Kier molecular flexibility index (Phi) is 8.03. The van der Waals surface area contributed by atoms with Gasteiger partial charge in [0.2, 0.25) is 0 Å². The van der Waals surface area contributed by atoms with Crippen LogP contribution in [0.2, 0.25) is 0 Å². The summed E-state index contributed by atoms with van der Waals surface area (Å²) in [5.41, 5.74) is 0.186. The molecule has 2 aromatic carbocycles. The molecule has 0 atom stereocenters. The maximum absolute atomic E-state index is 11.0. The summed E-state index contributed by atoms with van der Waals surface area (Å²) in [7, 11) is 0. The maximum atomic E-state index is 11.0. The zero-order valence-corrected chi connectivity index (χ0v) is 14.8. The average molecular weight is 339 g/mol. The molecule has 2 aromatic rings. The Morgan fingerprint density at radius 3 is 2.48 bits per heavy atom. The molecule has 0 aromatic heterocycles. The zero-order valence-electron chi connectivity index (χ0n) is 14.8. The van der Waals surface area contributed by atoms with Crippen molar-refractivity contribution < 1.29 is 14.6 Å². The highest BCUT2D eigenvalue weighted by Crippen LogP contribution is 2.22. The predicted molar refractivity (Wildman–Crippen MR) is 102 cm³/mol. The van der Waals surface area contributed by atoms with Crippen molar-refractivity contribution in [2.24, 2.45) is 0 Å². The van der Waals surface area contributed by atoms with Crippen LogP contribution in [0.15, 0.2) is 43.0 Å². The monoisotopic (exact) mass is 339 g/mol. The molecule has 0 aliphatic rings. The summed E-state index contributed by atoms with van der Waals surface area (Å²) in [6.07, 6.45) is 11.8. The van der Waals surface area contributed by atoms with Gasteiger partial charge in [0, 0.05) is 6.07 Å². The van der Waals surface area contributed by atoms with Crippen LogP contribution in [0.4, 0.5) is 0 Å². The minimum atomic E-state index is -0.956. The molecule has 0 aliphatic carbocycles. The summed E-state index contributed by atoms with van der Waals surface area (Å²) in [6.45, 7) is 4.46. The number of rotatable bonds is 12. The Labute approximate surface area is 150 Å². The molecular weight excluding hydrogens is 312 g/mol. The first-order chi connectivity index (χ1) is 12.2. The molecular formula is C22H27O3. The summed E-state index contributed by atoms with van der Waals surface area (Å²) < 4.78 is 5.81. The van der Waals surface area contributed by atoms with Crippen molar-refractivity contribution in [1.29, 1.82) is 0 Å². The molecule has 133 valence electrons. The van der Waals surface area contributed by atoms with Gasteiger partial charge in [-0.15, -0.1) is 6.58 Å². The predicted octanol–water partition coefficient (Wildman–Crippen LogP) is 6.02. The van der Waals surface area contributed by atoms with E-state index in [1.54, 1.807) is 12.1 Å². The molecule has 3 nitrogen and oxygen atoms in total. The first-order valence-electron chi connectivity index (χ1n) is 9.14. The van der Waals surface area contributed by atoms with Crippen LogP contribution in [0.3, 0.4) is 0 Å². The average Bonchev–Trinajstić information content (AvgIpc) is 2.62.